The van der Waals surface area contributed by atoms with Gasteiger partial charge in [0.15, 0.2) is 5.75 Å². The number of hydrogen-bond acceptors (Lipinski definition) is 13. The number of hydrogen-bond donors (Lipinski definition) is 6. The molecule has 6 rings (SSSR count). The minimum atomic E-state index is -1.96. The van der Waals surface area contributed by atoms with E-state index in [2.05, 4.69) is 10.4 Å². The Hall–Kier alpha value is -5.48. The van der Waals surface area contributed by atoms with Gasteiger partial charge in [-0.3, -0.25) is 14.0 Å². The number of phenols is 2. The predicted molar refractivity (Wildman–Crippen MR) is 220 cm³/mol. The van der Waals surface area contributed by atoms with E-state index in [1.54, 1.807) is 101 Å². The molecule has 9 atom stereocenters. The number of Topliss-reactive ketones (excluding diaryl/α,β-unsaturated/α-hetero) is 1. The number of carbonyl (C=O) groups excluding carboxylic acids is 2. The number of fused-ring (bicyclic) bond motifs is 2. The van der Waals surface area contributed by atoms with Crippen LogP contribution in [0, 0.1) is 30.6 Å². The Morgan fingerprint density at radius 3 is 2.31 bits per heavy atom. The van der Waals surface area contributed by atoms with Crippen molar-refractivity contribution in [1.29, 1.82) is 0 Å². The summed E-state index contributed by atoms with van der Waals surface area (Å²) in [7, 11) is 5.01. The molecule has 6 N–H and O–H groups in total. The number of carbonyl (C=O) groups is 2. The molecular weight excluding hydrogens is 746 g/mol. The number of hydrazone groups is 1. The highest BCUT2D eigenvalue weighted by molar-refractivity contribution is 6.28. The van der Waals surface area contributed by atoms with Gasteiger partial charge in [-0.1, -0.05) is 45.9 Å². The Kier molecular flexibility index (Phi) is 11.7. The number of nitrogens with zero attached hydrogens (tertiary/aromatic N) is 4. The Balaban J connectivity index is 1.61. The summed E-state index contributed by atoms with van der Waals surface area (Å²) in [6.45, 7) is 11.5. The Bertz CT molecular complexity index is 2400. The number of allylic oxidation sites excluding steroid dienone is 2. The number of nitrogens with one attached hydrogen (secondary N) is 1. The molecule has 2 aliphatic heterocycles. The van der Waals surface area contributed by atoms with E-state index in [1.165, 1.54) is 33.3 Å². The molecular formula is C43H53N5O10. The van der Waals surface area contributed by atoms with Crippen molar-refractivity contribution in [1.82, 2.24) is 14.4 Å². The first-order valence-electron chi connectivity index (χ1n) is 19.2. The van der Waals surface area contributed by atoms with E-state index in [9.17, 15) is 35.1 Å². The molecule has 0 fully saturated rings. The zero-order chi connectivity index (χ0) is 42.5. The highest BCUT2D eigenvalue weighted by atomic mass is 16.7. The molecule has 0 saturated heterocycles. The Morgan fingerprint density at radius 1 is 0.966 bits per heavy atom. The fourth-order valence-electron chi connectivity index (χ4n) is 7.81. The summed E-state index contributed by atoms with van der Waals surface area (Å²) in [5.74, 6) is -6.43. The maximum atomic E-state index is 14.6. The van der Waals surface area contributed by atoms with Crippen LogP contribution in [0.15, 0.2) is 59.6 Å². The zero-order valence-corrected chi connectivity index (χ0v) is 34.4. The maximum Gasteiger partial charge on any atom is 0.312 e. The summed E-state index contributed by atoms with van der Waals surface area (Å²) in [5, 5.41) is 66.5. The lowest BCUT2D eigenvalue weighted by molar-refractivity contribution is -0.112. The van der Waals surface area contributed by atoms with Crippen LogP contribution in [0.4, 0.5) is 5.69 Å². The van der Waals surface area contributed by atoms with Crippen LogP contribution < -0.4 is 10.1 Å². The van der Waals surface area contributed by atoms with Crippen molar-refractivity contribution in [2.75, 3.05) is 26.5 Å². The third-order valence-corrected chi connectivity index (χ3v) is 11.6. The lowest BCUT2D eigenvalue weighted by Gasteiger charge is -2.36. The highest BCUT2D eigenvalue weighted by Crippen LogP contribution is 2.54. The van der Waals surface area contributed by atoms with E-state index in [0.29, 0.717) is 11.2 Å². The molecule has 0 aliphatic carbocycles. The number of rotatable bonds is 3. The molecule has 310 valence electrons. The second-order valence-electron chi connectivity index (χ2n) is 15.9. The molecule has 4 heterocycles. The Labute approximate surface area is 336 Å². The first-order valence-corrected chi connectivity index (χ1v) is 19.2. The first-order chi connectivity index (χ1) is 27.3. The van der Waals surface area contributed by atoms with Gasteiger partial charge in [-0.25, -0.2) is 4.98 Å². The normalized spacial score (nSPS) is 30.7. The number of aromatic hydroxyl groups is 2. The van der Waals surface area contributed by atoms with E-state index >= 15 is 0 Å². The maximum absolute atomic E-state index is 14.6. The number of ether oxygens (including phenoxy) is 3. The average molecular weight is 800 g/mol. The number of pyridine rings is 1. The molecule has 15 nitrogen and oxygen atoms in total. The van der Waals surface area contributed by atoms with Gasteiger partial charge < -0.3 is 50.1 Å². The number of imidazole rings is 1. The molecule has 4 aromatic rings. The fourth-order valence-corrected chi connectivity index (χ4v) is 7.81. The summed E-state index contributed by atoms with van der Waals surface area (Å²) >= 11 is 0. The summed E-state index contributed by atoms with van der Waals surface area (Å²) in [4.78, 5) is 33.4. The fraction of sp³-hybridized carbons (Fsp3) is 0.442. The molecule has 15 heteroatoms. The van der Waals surface area contributed by atoms with E-state index in [0.717, 1.165) is 0 Å². The van der Waals surface area contributed by atoms with Crippen molar-refractivity contribution in [3.63, 3.8) is 0 Å². The summed E-state index contributed by atoms with van der Waals surface area (Å²) in [6, 6.07) is 3.52. The van der Waals surface area contributed by atoms with Crippen LogP contribution in [-0.4, -0.2) is 109 Å². The van der Waals surface area contributed by atoms with Gasteiger partial charge in [-0.05, 0) is 32.1 Å². The SMILES string of the molecule is CO[C@H]1/C=C/O[C@@]2(C)Oc3c(C)c(O)c4c(O)c(c5c(nc6ccc(/C=N/N(C)C)cn65)c4c3C2=O)NC(=O)/C(C)=C\C=C\[C@H](C)[C@H](O)[C@@H](C)[C@@H](O)[C@@H](C)[C@H](O)[C@@H]1C. The minimum Gasteiger partial charge on any atom is -0.507 e. The number of methoxy groups -OCH3 is 1. The van der Waals surface area contributed by atoms with Gasteiger partial charge in [0.25, 0.3) is 11.7 Å². The molecule has 0 spiro atoms. The monoisotopic (exact) mass is 799 g/mol. The largest absolute Gasteiger partial charge is 0.507 e. The molecule has 2 aromatic carbocycles. The third kappa shape index (κ3) is 7.27. The predicted octanol–water partition coefficient (Wildman–Crippen LogP) is 5.17. The van der Waals surface area contributed by atoms with Gasteiger partial charge in [0.1, 0.15) is 33.9 Å². The molecule has 4 bridgehead atoms. The number of ketones is 1. The van der Waals surface area contributed by atoms with Crippen molar-refractivity contribution >= 4 is 51.0 Å². The molecule has 2 aromatic heterocycles. The van der Waals surface area contributed by atoms with Crippen LogP contribution in [0.3, 0.4) is 0 Å². The van der Waals surface area contributed by atoms with Crippen LogP contribution in [0.5, 0.6) is 17.2 Å². The van der Waals surface area contributed by atoms with Crippen LogP contribution >= 0.6 is 0 Å². The molecule has 0 unspecified atom stereocenters. The lowest BCUT2D eigenvalue weighted by Crippen LogP contribution is -2.44. The number of aliphatic hydroxyl groups is 3. The van der Waals surface area contributed by atoms with Crippen LogP contribution in [0.25, 0.3) is 27.5 Å². The molecule has 2 aliphatic rings. The molecule has 1 amide bonds. The van der Waals surface area contributed by atoms with Crippen molar-refractivity contribution in [2.45, 2.75) is 78.7 Å². The number of amides is 1. The topological polar surface area (TPSA) is 208 Å². The number of benzene rings is 2. The minimum absolute atomic E-state index is 0.00756. The van der Waals surface area contributed by atoms with Crippen LogP contribution in [0.2, 0.25) is 0 Å². The number of aliphatic hydroxyl groups excluding tert-OH is 3. The number of anilines is 1. The van der Waals surface area contributed by atoms with Crippen LogP contribution in [0.1, 0.15) is 63.0 Å². The third-order valence-electron chi connectivity index (χ3n) is 11.6. The van der Waals surface area contributed by atoms with Gasteiger partial charge in [0.2, 0.25) is 0 Å². The van der Waals surface area contributed by atoms with Crippen molar-refractivity contribution in [3.8, 4) is 17.2 Å². The summed E-state index contributed by atoms with van der Waals surface area (Å²) < 4.78 is 19.6. The molecule has 0 saturated carbocycles. The van der Waals surface area contributed by atoms with Gasteiger partial charge >= 0.3 is 5.79 Å². The Morgan fingerprint density at radius 2 is 1.64 bits per heavy atom. The van der Waals surface area contributed by atoms with E-state index in [-0.39, 0.29) is 49.9 Å². The quantitative estimate of drug-likeness (QED) is 0.0902. The highest BCUT2D eigenvalue weighted by Gasteiger charge is 2.49. The summed E-state index contributed by atoms with van der Waals surface area (Å²) in [6.07, 6.45) is 7.08. The zero-order valence-electron chi connectivity index (χ0n) is 34.4. The summed E-state index contributed by atoms with van der Waals surface area (Å²) in [5.41, 5.74) is 1.78. The average Bonchev–Trinajstić information content (AvgIpc) is 3.70. The van der Waals surface area contributed by atoms with Gasteiger partial charge in [0, 0.05) is 80.1 Å². The number of phenolic OH excluding ortho intramolecular Hbond substituents is 2. The van der Waals surface area contributed by atoms with Crippen molar-refractivity contribution in [2.24, 2.45) is 28.8 Å². The van der Waals surface area contributed by atoms with E-state index in [1.807, 2.05) is 0 Å². The van der Waals surface area contributed by atoms with E-state index in [4.69, 9.17) is 19.2 Å². The van der Waals surface area contributed by atoms with Gasteiger partial charge in [0.05, 0.1) is 47.8 Å². The second kappa shape index (κ2) is 16.0. The number of aromatic nitrogens is 2. The second-order valence-corrected chi connectivity index (χ2v) is 15.9. The van der Waals surface area contributed by atoms with Gasteiger partial charge in [-0.15, -0.1) is 0 Å². The van der Waals surface area contributed by atoms with Crippen molar-refractivity contribution < 1.29 is 49.3 Å². The molecule has 58 heavy (non-hydrogen) atoms. The van der Waals surface area contributed by atoms with Crippen LogP contribution in [-0.2, 0) is 14.3 Å². The standard InChI is InChI=1S/C43H53N5O10/c1-20-12-11-13-21(2)42(55)46-33-34-32(45-28-15-14-26(19-48(28)34)18-44-47(8)9)29-30(39(33)53)38(52)25(6)40-31(29)41(54)43(7,58-40)57-17-16-27(56-10)22(3)36(50)24(5)37(51)23(4)35(20)49/h11-20,22-24,27,35-37,49-53H,1-10H3,(H,46,55)/b12-11+,17-16+,21-13-,44-18+/t20-,22+,23+,24-,27-,35-,36+,37+,43-/m0/s1. The lowest BCUT2D eigenvalue weighted by atomic mass is 9.78. The van der Waals surface area contributed by atoms with Gasteiger partial charge in [-0.2, -0.15) is 5.10 Å². The van der Waals surface area contributed by atoms with Crippen molar-refractivity contribution in [3.05, 3.63) is 71.2 Å². The smallest absolute Gasteiger partial charge is 0.312 e. The first kappa shape index (κ1) is 42.1. The molecule has 0 radical (unpaired) electrons. The van der Waals surface area contributed by atoms with E-state index < -0.39 is 77.1 Å².